The normalized spacial score (nSPS) is 46.5. The van der Waals surface area contributed by atoms with Gasteiger partial charge in [-0.05, 0) is 65.3 Å². The van der Waals surface area contributed by atoms with Gasteiger partial charge in [-0.2, -0.15) is 0 Å². The molecule has 0 aromatic rings. The van der Waals surface area contributed by atoms with Gasteiger partial charge >= 0.3 is 5.97 Å². The first-order valence-electron chi connectivity index (χ1n) is 15.2. The van der Waals surface area contributed by atoms with E-state index in [-0.39, 0.29) is 54.3 Å². The van der Waals surface area contributed by atoms with Gasteiger partial charge < -0.3 is 34.1 Å². The van der Waals surface area contributed by atoms with Crippen LogP contribution in [0.5, 0.6) is 0 Å². The third-order valence-electron chi connectivity index (χ3n) is 9.42. The molecule has 2 saturated heterocycles. The predicted octanol–water partition coefficient (Wildman–Crippen LogP) is 3.49. The van der Waals surface area contributed by atoms with Crippen LogP contribution in [0.1, 0.15) is 80.6 Å². The summed E-state index contributed by atoms with van der Waals surface area (Å²) in [5.41, 5.74) is -0.580. The van der Waals surface area contributed by atoms with Gasteiger partial charge in [0.1, 0.15) is 17.8 Å². The molecule has 0 saturated carbocycles. The lowest BCUT2D eigenvalue weighted by molar-refractivity contribution is -0.283. The van der Waals surface area contributed by atoms with E-state index in [0.29, 0.717) is 25.7 Å². The first kappa shape index (κ1) is 33.1. The number of aliphatic hydroxyl groups excluding tert-OH is 2. The van der Waals surface area contributed by atoms with Gasteiger partial charge in [0.15, 0.2) is 12.1 Å². The summed E-state index contributed by atoms with van der Waals surface area (Å²) in [6.07, 6.45) is 1.71. The summed E-state index contributed by atoms with van der Waals surface area (Å²) in [4.78, 5) is 28.2. The fourth-order valence-electron chi connectivity index (χ4n) is 6.54. The van der Waals surface area contributed by atoms with Crippen LogP contribution in [-0.4, -0.2) is 95.5 Å². The van der Waals surface area contributed by atoms with Crippen molar-refractivity contribution in [3.05, 3.63) is 12.2 Å². The number of nitrogens with zero attached hydrogens (tertiary/aromatic N) is 1. The number of ether oxygens (including phenoxy) is 4. The minimum Gasteiger partial charge on any atom is -0.462 e. The molecule has 230 valence electrons. The fraction of sp³-hybridized carbons (Fsp3) is 0.871. The minimum atomic E-state index is -1.04. The van der Waals surface area contributed by atoms with Gasteiger partial charge in [-0.25, -0.2) is 0 Å². The van der Waals surface area contributed by atoms with E-state index in [1.807, 2.05) is 73.5 Å². The second kappa shape index (κ2) is 13.7. The molecule has 0 radical (unpaired) electrons. The van der Waals surface area contributed by atoms with Crippen molar-refractivity contribution in [1.29, 1.82) is 0 Å². The fourth-order valence-corrected chi connectivity index (χ4v) is 6.54. The van der Waals surface area contributed by atoms with E-state index in [1.54, 1.807) is 6.08 Å². The van der Waals surface area contributed by atoms with Crippen LogP contribution in [0.25, 0.3) is 0 Å². The SMILES string of the molecule is CC[C@H]1C[C@@H](C)C(=O)/C=C/[C@]2(C)O[C@H]2[C@H](C)[C@@H](CC)OC(=O)C[C@@H](O)[C@H](C)[C@H]1O[C@H]1O[C@H](C)C[C@@H](N(C)C)[C@H]1O. The van der Waals surface area contributed by atoms with Crippen molar-refractivity contribution in [1.82, 2.24) is 4.90 Å². The van der Waals surface area contributed by atoms with E-state index in [0.717, 1.165) is 0 Å². The van der Waals surface area contributed by atoms with Gasteiger partial charge in [-0.1, -0.05) is 41.0 Å². The van der Waals surface area contributed by atoms with Crippen LogP contribution in [0.3, 0.4) is 0 Å². The zero-order valence-corrected chi connectivity index (χ0v) is 25.9. The summed E-state index contributed by atoms with van der Waals surface area (Å²) in [7, 11) is 3.84. The lowest BCUT2D eigenvalue weighted by atomic mass is 9.79. The number of cyclic esters (lactones) is 1. The molecule has 0 spiro atoms. The molecule has 2 N–H and O–H groups in total. The van der Waals surface area contributed by atoms with E-state index in [9.17, 15) is 19.8 Å². The van der Waals surface area contributed by atoms with Crippen molar-refractivity contribution in [3.63, 3.8) is 0 Å². The Morgan fingerprint density at radius 1 is 1.05 bits per heavy atom. The van der Waals surface area contributed by atoms with Crippen LogP contribution in [-0.2, 0) is 28.5 Å². The number of ketones is 1. The molecule has 9 nitrogen and oxygen atoms in total. The molecule has 0 aromatic heterocycles. The maximum absolute atomic E-state index is 13.2. The zero-order valence-electron chi connectivity index (χ0n) is 25.9. The summed E-state index contributed by atoms with van der Waals surface area (Å²) >= 11 is 0. The van der Waals surface area contributed by atoms with E-state index < -0.39 is 42.1 Å². The summed E-state index contributed by atoms with van der Waals surface area (Å²) < 4.78 is 24.4. The molecule has 2 fully saturated rings. The van der Waals surface area contributed by atoms with Crippen LogP contribution in [0, 0.1) is 23.7 Å². The van der Waals surface area contributed by atoms with Crippen LogP contribution < -0.4 is 0 Å². The first-order chi connectivity index (χ1) is 18.7. The molecule has 0 amide bonds. The molecule has 0 aromatic carbocycles. The van der Waals surface area contributed by atoms with Crippen molar-refractivity contribution in [2.75, 3.05) is 14.1 Å². The number of rotatable bonds is 5. The lowest BCUT2D eigenvalue weighted by Gasteiger charge is -2.44. The summed E-state index contributed by atoms with van der Waals surface area (Å²) in [5, 5.41) is 22.4. The number of allylic oxidation sites excluding steroid dienone is 1. The number of aliphatic hydroxyl groups is 2. The minimum absolute atomic E-state index is 0.00865. The maximum Gasteiger partial charge on any atom is 0.308 e. The van der Waals surface area contributed by atoms with Crippen LogP contribution in [0.4, 0.5) is 0 Å². The second-order valence-corrected chi connectivity index (χ2v) is 12.9. The molecule has 13 atom stereocenters. The van der Waals surface area contributed by atoms with Crippen molar-refractivity contribution in [2.45, 2.75) is 135 Å². The van der Waals surface area contributed by atoms with Crippen LogP contribution in [0.2, 0.25) is 0 Å². The Kier molecular flexibility index (Phi) is 11.4. The Bertz CT molecular complexity index is 895. The zero-order chi connectivity index (χ0) is 29.9. The first-order valence-corrected chi connectivity index (χ1v) is 15.2. The van der Waals surface area contributed by atoms with Crippen LogP contribution in [0.15, 0.2) is 12.2 Å². The Hall–Kier alpha value is -1.36. The largest absolute Gasteiger partial charge is 0.462 e. The average Bonchev–Trinajstić information content (AvgIpc) is 3.58. The van der Waals surface area contributed by atoms with Gasteiger partial charge in [-0.15, -0.1) is 0 Å². The Balaban J connectivity index is 1.92. The monoisotopic (exact) mass is 567 g/mol. The van der Waals surface area contributed by atoms with Gasteiger partial charge in [-0.3, -0.25) is 9.59 Å². The molecule has 40 heavy (non-hydrogen) atoms. The van der Waals surface area contributed by atoms with Gasteiger partial charge in [0.2, 0.25) is 0 Å². The Morgan fingerprint density at radius 2 is 1.73 bits per heavy atom. The van der Waals surface area contributed by atoms with Gasteiger partial charge in [0, 0.05) is 23.8 Å². The number of carbonyl (C=O) groups is 2. The average molecular weight is 568 g/mol. The highest BCUT2D eigenvalue weighted by Gasteiger charge is 2.55. The van der Waals surface area contributed by atoms with Crippen molar-refractivity contribution in [3.8, 4) is 0 Å². The lowest BCUT2D eigenvalue weighted by Crippen LogP contribution is -2.56. The summed E-state index contributed by atoms with van der Waals surface area (Å²) in [5.74, 6) is -1.43. The molecule has 3 heterocycles. The highest BCUT2D eigenvalue weighted by Crippen LogP contribution is 2.45. The Morgan fingerprint density at radius 3 is 2.33 bits per heavy atom. The molecule has 0 unspecified atom stereocenters. The molecular weight excluding hydrogens is 514 g/mol. The number of carbonyl (C=O) groups excluding carboxylic acids is 2. The molecular formula is C31H53NO8. The third kappa shape index (κ3) is 7.72. The molecule has 3 aliphatic heterocycles. The number of likely N-dealkylation sites (N-methyl/N-ethyl adjacent to an activating group) is 1. The Labute approximate surface area is 240 Å². The van der Waals surface area contributed by atoms with Gasteiger partial charge in [0.25, 0.3) is 0 Å². The highest BCUT2D eigenvalue weighted by molar-refractivity contribution is 5.91. The molecule has 0 aliphatic carbocycles. The molecule has 3 rings (SSSR count). The molecule has 9 heteroatoms. The predicted molar refractivity (Wildman–Crippen MR) is 151 cm³/mol. The highest BCUT2D eigenvalue weighted by atomic mass is 16.7. The quantitative estimate of drug-likeness (QED) is 0.380. The standard InChI is InChI=1S/C31H53NO8/c1-10-21-14-17(3)23(33)12-13-31(7)29(40-31)20(6)25(11-2)38-26(35)16-24(34)19(5)28(21)39-30-27(36)22(32(8)9)15-18(4)37-30/h12-13,17-22,24-25,27-30,34,36H,10-11,14-16H2,1-9H3/b13-12+/t17-,18-,19+,20-,21+,22-,24-,25-,27-,28-,29+,30-,31+/m1/s1. The van der Waals surface area contributed by atoms with Crippen molar-refractivity contribution < 1.29 is 38.7 Å². The summed E-state index contributed by atoms with van der Waals surface area (Å²) in [6.45, 7) is 13.6. The smallest absolute Gasteiger partial charge is 0.308 e. The van der Waals surface area contributed by atoms with E-state index in [2.05, 4.69) is 0 Å². The van der Waals surface area contributed by atoms with Crippen LogP contribution >= 0.6 is 0 Å². The van der Waals surface area contributed by atoms with E-state index in [4.69, 9.17) is 18.9 Å². The second-order valence-electron chi connectivity index (χ2n) is 12.9. The molecule has 3 aliphatic rings. The third-order valence-corrected chi connectivity index (χ3v) is 9.42. The maximum atomic E-state index is 13.2. The number of esters is 1. The number of fused-ring (bicyclic) bond motifs is 1. The van der Waals surface area contributed by atoms with Crippen molar-refractivity contribution >= 4 is 11.8 Å². The number of hydrogen-bond donors (Lipinski definition) is 2. The van der Waals surface area contributed by atoms with E-state index in [1.165, 1.54) is 0 Å². The topological polar surface area (TPSA) is 118 Å². The molecule has 0 bridgehead atoms. The van der Waals surface area contributed by atoms with Gasteiger partial charge in [0.05, 0.1) is 30.8 Å². The summed E-state index contributed by atoms with van der Waals surface area (Å²) in [6, 6.07) is -0.149. The number of hydrogen-bond acceptors (Lipinski definition) is 9. The van der Waals surface area contributed by atoms with Crippen molar-refractivity contribution in [2.24, 2.45) is 23.7 Å². The number of epoxide rings is 1. The van der Waals surface area contributed by atoms with E-state index >= 15 is 0 Å².